The van der Waals surface area contributed by atoms with Gasteiger partial charge in [-0.1, -0.05) is 12.5 Å². The largest absolute Gasteiger partial charge is 0.349 e. The molecule has 1 N–H and O–H groups in total. The van der Waals surface area contributed by atoms with Crippen molar-refractivity contribution in [1.82, 2.24) is 5.32 Å². The predicted octanol–water partition coefficient (Wildman–Crippen LogP) is 3.53. The summed E-state index contributed by atoms with van der Waals surface area (Å²) in [4.78, 5) is 12.5. The number of fused-ring (bicyclic) bond motifs is 2. The first kappa shape index (κ1) is 12.7. The van der Waals surface area contributed by atoms with Gasteiger partial charge in [0.2, 0.25) is 0 Å². The van der Waals surface area contributed by atoms with Crippen LogP contribution in [0.4, 0.5) is 0 Å². The van der Waals surface area contributed by atoms with E-state index in [1.165, 1.54) is 36.8 Å². The molecule has 1 aromatic carbocycles. The van der Waals surface area contributed by atoms with Gasteiger partial charge in [0, 0.05) is 11.6 Å². The molecule has 0 aliphatic heterocycles. The third-order valence-electron chi connectivity index (χ3n) is 5.14. The van der Waals surface area contributed by atoms with Gasteiger partial charge in [-0.15, -0.1) is 0 Å². The highest BCUT2D eigenvalue weighted by molar-refractivity contribution is 5.96. The normalized spacial score (nSPS) is 28.7. The molecule has 19 heavy (non-hydrogen) atoms. The molecule has 0 spiro atoms. The van der Waals surface area contributed by atoms with Gasteiger partial charge in [-0.2, -0.15) is 0 Å². The van der Waals surface area contributed by atoms with Crippen LogP contribution in [0.2, 0.25) is 0 Å². The second kappa shape index (κ2) is 4.66. The van der Waals surface area contributed by atoms with E-state index in [0.29, 0.717) is 6.04 Å². The molecule has 0 unspecified atom stereocenters. The molecule has 1 amide bonds. The summed E-state index contributed by atoms with van der Waals surface area (Å²) >= 11 is 0. The fourth-order valence-electron chi connectivity index (χ4n) is 3.87. The van der Waals surface area contributed by atoms with Crippen molar-refractivity contribution in [2.75, 3.05) is 0 Å². The van der Waals surface area contributed by atoms with Crippen LogP contribution in [0.3, 0.4) is 0 Å². The van der Waals surface area contributed by atoms with E-state index in [2.05, 4.69) is 25.2 Å². The first-order chi connectivity index (χ1) is 9.04. The van der Waals surface area contributed by atoms with Gasteiger partial charge >= 0.3 is 0 Å². The number of aryl methyl sites for hydroxylation is 3. The molecule has 0 saturated heterocycles. The van der Waals surface area contributed by atoms with Gasteiger partial charge < -0.3 is 5.32 Å². The summed E-state index contributed by atoms with van der Waals surface area (Å²) in [6.07, 6.45) is 5.21. The van der Waals surface area contributed by atoms with Crippen molar-refractivity contribution in [2.45, 2.75) is 52.5 Å². The number of hydrogen-bond donors (Lipinski definition) is 1. The van der Waals surface area contributed by atoms with E-state index in [4.69, 9.17) is 0 Å². The highest BCUT2D eigenvalue weighted by Gasteiger charge is 2.40. The lowest BCUT2D eigenvalue weighted by molar-refractivity contribution is 0.0922. The average molecular weight is 257 g/mol. The topological polar surface area (TPSA) is 29.1 Å². The van der Waals surface area contributed by atoms with Crippen LogP contribution in [0, 0.1) is 32.6 Å². The highest BCUT2D eigenvalue weighted by atomic mass is 16.1. The average Bonchev–Trinajstić information content (AvgIpc) is 2.95. The molecular formula is C17H23NO. The summed E-state index contributed by atoms with van der Waals surface area (Å²) in [6, 6.07) is 4.57. The Labute approximate surface area is 115 Å². The number of carbonyl (C=O) groups is 1. The van der Waals surface area contributed by atoms with Crippen LogP contribution in [-0.2, 0) is 0 Å². The number of nitrogens with one attached hydrogen (secondary N) is 1. The lowest BCUT2D eigenvalue weighted by Gasteiger charge is -2.23. The van der Waals surface area contributed by atoms with E-state index < -0.39 is 0 Å². The molecular weight excluding hydrogens is 234 g/mol. The second-order valence-corrected chi connectivity index (χ2v) is 6.51. The molecule has 2 heteroatoms. The minimum Gasteiger partial charge on any atom is -0.349 e. The van der Waals surface area contributed by atoms with Gasteiger partial charge in [0.1, 0.15) is 0 Å². The Kier molecular flexibility index (Phi) is 3.12. The van der Waals surface area contributed by atoms with Crippen LogP contribution >= 0.6 is 0 Å². The van der Waals surface area contributed by atoms with Crippen molar-refractivity contribution in [3.8, 4) is 0 Å². The molecule has 0 radical (unpaired) electrons. The Bertz CT molecular complexity index is 520. The summed E-state index contributed by atoms with van der Waals surface area (Å²) in [5.41, 5.74) is 4.40. The zero-order valence-corrected chi connectivity index (χ0v) is 12.1. The van der Waals surface area contributed by atoms with Gasteiger partial charge in [0.15, 0.2) is 0 Å². The third kappa shape index (κ3) is 2.29. The van der Waals surface area contributed by atoms with Crippen molar-refractivity contribution >= 4 is 5.91 Å². The van der Waals surface area contributed by atoms with Crippen LogP contribution < -0.4 is 5.32 Å². The second-order valence-electron chi connectivity index (χ2n) is 6.51. The Morgan fingerprint density at radius 2 is 1.79 bits per heavy atom. The highest BCUT2D eigenvalue weighted by Crippen LogP contribution is 2.44. The van der Waals surface area contributed by atoms with Crippen molar-refractivity contribution < 1.29 is 4.79 Å². The first-order valence-electron chi connectivity index (χ1n) is 7.43. The molecule has 2 aliphatic carbocycles. The van der Waals surface area contributed by atoms with E-state index >= 15 is 0 Å². The van der Waals surface area contributed by atoms with Crippen LogP contribution in [0.1, 0.15) is 52.7 Å². The number of carbonyl (C=O) groups excluding carboxylic acids is 1. The maximum absolute atomic E-state index is 12.5. The molecule has 3 atom stereocenters. The van der Waals surface area contributed by atoms with E-state index in [9.17, 15) is 4.79 Å². The van der Waals surface area contributed by atoms with Gasteiger partial charge in [0.25, 0.3) is 5.91 Å². The summed E-state index contributed by atoms with van der Waals surface area (Å²) in [7, 11) is 0. The van der Waals surface area contributed by atoms with Crippen molar-refractivity contribution in [2.24, 2.45) is 11.8 Å². The predicted molar refractivity (Wildman–Crippen MR) is 77.4 cm³/mol. The third-order valence-corrected chi connectivity index (χ3v) is 5.14. The maximum atomic E-state index is 12.5. The summed E-state index contributed by atoms with van der Waals surface area (Å²) in [5.74, 6) is 1.73. The lowest BCUT2D eigenvalue weighted by atomic mass is 9.94. The van der Waals surface area contributed by atoms with Crippen molar-refractivity contribution in [1.29, 1.82) is 0 Å². The van der Waals surface area contributed by atoms with E-state index in [0.717, 1.165) is 23.0 Å². The number of hydrogen-bond acceptors (Lipinski definition) is 1. The van der Waals surface area contributed by atoms with Crippen LogP contribution in [-0.4, -0.2) is 11.9 Å². The van der Waals surface area contributed by atoms with E-state index in [1.54, 1.807) is 0 Å². The minimum absolute atomic E-state index is 0.123. The SMILES string of the molecule is Cc1cc(C)c(C(=O)N[C@@H]2C[C@H]3CC[C@H]2C3)cc1C. The minimum atomic E-state index is 0.123. The van der Waals surface area contributed by atoms with Gasteiger partial charge in [0.05, 0.1) is 0 Å². The molecule has 2 aliphatic rings. The monoisotopic (exact) mass is 257 g/mol. The smallest absolute Gasteiger partial charge is 0.251 e. The molecule has 0 aromatic heterocycles. The Balaban J connectivity index is 1.75. The maximum Gasteiger partial charge on any atom is 0.251 e. The Morgan fingerprint density at radius 1 is 1.05 bits per heavy atom. The summed E-state index contributed by atoms with van der Waals surface area (Å²) in [5, 5.41) is 3.28. The molecule has 1 aromatic rings. The van der Waals surface area contributed by atoms with Gasteiger partial charge in [-0.3, -0.25) is 4.79 Å². The number of amides is 1. The quantitative estimate of drug-likeness (QED) is 0.862. The summed E-state index contributed by atoms with van der Waals surface area (Å²) < 4.78 is 0. The van der Waals surface area contributed by atoms with Crippen molar-refractivity contribution in [3.05, 3.63) is 34.4 Å². The zero-order valence-electron chi connectivity index (χ0n) is 12.1. The fourth-order valence-corrected chi connectivity index (χ4v) is 3.87. The van der Waals surface area contributed by atoms with Crippen LogP contribution in [0.15, 0.2) is 12.1 Å². The van der Waals surface area contributed by atoms with Crippen LogP contribution in [0.5, 0.6) is 0 Å². The Morgan fingerprint density at radius 3 is 2.42 bits per heavy atom. The molecule has 2 nitrogen and oxygen atoms in total. The zero-order chi connectivity index (χ0) is 13.6. The molecule has 102 valence electrons. The molecule has 0 heterocycles. The molecule has 2 saturated carbocycles. The van der Waals surface area contributed by atoms with E-state index in [-0.39, 0.29) is 5.91 Å². The van der Waals surface area contributed by atoms with Gasteiger partial charge in [-0.05, 0) is 74.6 Å². The first-order valence-corrected chi connectivity index (χ1v) is 7.43. The fraction of sp³-hybridized carbons (Fsp3) is 0.588. The Hall–Kier alpha value is -1.31. The molecule has 2 fully saturated rings. The molecule has 3 rings (SSSR count). The number of benzene rings is 1. The van der Waals surface area contributed by atoms with Gasteiger partial charge in [-0.25, -0.2) is 0 Å². The summed E-state index contributed by atoms with van der Waals surface area (Å²) in [6.45, 7) is 6.20. The molecule has 2 bridgehead atoms. The van der Waals surface area contributed by atoms with Crippen molar-refractivity contribution in [3.63, 3.8) is 0 Å². The van der Waals surface area contributed by atoms with E-state index in [1.807, 2.05) is 13.0 Å². The number of rotatable bonds is 2. The van der Waals surface area contributed by atoms with Crippen LogP contribution in [0.25, 0.3) is 0 Å². The lowest BCUT2D eigenvalue weighted by Crippen LogP contribution is -2.38. The standard InChI is InChI=1S/C17H23NO/c1-10-6-12(3)15(7-11(10)2)17(19)18-16-9-13-4-5-14(16)8-13/h6-7,13-14,16H,4-5,8-9H2,1-3H3,(H,18,19)/t13-,14-,16+/m0/s1.